The number of unbranched alkanes of at least 4 members (excludes halogenated alkanes) is 21. The Kier molecular flexibility index (Phi) is 32.5. The number of benzene rings is 1. The lowest BCUT2D eigenvalue weighted by atomic mass is 9.98. The van der Waals surface area contributed by atoms with E-state index < -0.39 is 55.6 Å². The van der Waals surface area contributed by atoms with Crippen molar-refractivity contribution in [2.45, 2.75) is 230 Å². The maximum Gasteiger partial charge on any atom is 0.186 e. The second-order valence-electron chi connectivity index (χ2n) is 18.0. The van der Waals surface area contributed by atoms with Gasteiger partial charge in [0.25, 0.3) is 0 Å². The van der Waals surface area contributed by atoms with Gasteiger partial charge in [-0.2, -0.15) is 0 Å². The summed E-state index contributed by atoms with van der Waals surface area (Å²) >= 11 is 0. The third-order valence-corrected chi connectivity index (χ3v) is 12.3. The van der Waals surface area contributed by atoms with E-state index in [1.54, 1.807) is 6.20 Å². The smallest absolute Gasteiger partial charge is 0.186 e. The van der Waals surface area contributed by atoms with Crippen molar-refractivity contribution in [3.63, 3.8) is 0 Å². The summed E-state index contributed by atoms with van der Waals surface area (Å²) in [5.74, 6) is 0. The average molecular weight is 908 g/mol. The van der Waals surface area contributed by atoms with Crippen LogP contribution >= 0.6 is 0 Å². The summed E-state index contributed by atoms with van der Waals surface area (Å²) in [6, 6.07) is 9.36. The van der Waals surface area contributed by atoms with Crippen molar-refractivity contribution in [1.82, 2.24) is 15.0 Å². The fourth-order valence-electron chi connectivity index (χ4n) is 8.17. The monoisotopic (exact) mass is 908 g/mol. The summed E-state index contributed by atoms with van der Waals surface area (Å²) in [5, 5.41) is 71.5. The molecule has 1 aromatic heterocycles. The summed E-state index contributed by atoms with van der Waals surface area (Å²) < 4.78 is 30.2. The minimum atomic E-state index is -1.60. The van der Waals surface area contributed by atoms with Crippen LogP contribution in [0, 0.1) is 0 Å². The van der Waals surface area contributed by atoms with Gasteiger partial charge in [-0.15, -0.1) is 5.10 Å². The van der Waals surface area contributed by atoms with Gasteiger partial charge in [-0.1, -0.05) is 171 Å². The highest BCUT2D eigenvalue weighted by Crippen LogP contribution is 2.26. The van der Waals surface area contributed by atoms with Crippen LogP contribution in [0.25, 0.3) is 0 Å². The normalized spacial score (nSPS) is 20.5. The molecule has 370 valence electrons. The molecule has 3 rings (SSSR count). The molecule has 0 radical (unpaired) electrons. The molecule has 0 amide bonds. The molecule has 1 saturated heterocycles. The largest absolute Gasteiger partial charge is 0.394 e. The quantitative estimate of drug-likeness (QED) is 0.0352. The van der Waals surface area contributed by atoms with Gasteiger partial charge >= 0.3 is 0 Å². The molecule has 1 fully saturated rings. The lowest BCUT2D eigenvalue weighted by Crippen LogP contribution is -2.59. The Hall–Kier alpha value is -2.08. The maximum atomic E-state index is 11.4. The van der Waals surface area contributed by atoms with Crippen LogP contribution in [0.4, 0.5) is 0 Å². The molecule has 1 aromatic carbocycles. The van der Waals surface area contributed by atoms with Gasteiger partial charge in [0.15, 0.2) is 6.29 Å². The minimum Gasteiger partial charge on any atom is -0.394 e. The van der Waals surface area contributed by atoms with Gasteiger partial charge < -0.3 is 54.3 Å². The van der Waals surface area contributed by atoms with E-state index in [0.717, 1.165) is 71.2 Å². The summed E-state index contributed by atoms with van der Waals surface area (Å²) in [6.45, 7) is 5.35. The Morgan fingerprint density at radius 3 is 1.67 bits per heavy atom. The molecule has 0 saturated carbocycles. The van der Waals surface area contributed by atoms with Gasteiger partial charge in [0, 0.05) is 26.4 Å². The third kappa shape index (κ3) is 24.6. The lowest BCUT2D eigenvalue weighted by Gasteiger charge is -2.40. The summed E-state index contributed by atoms with van der Waals surface area (Å²) in [5.41, 5.74) is 1.78. The molecule has 0 unspecified atom stereocenters. The first-order chi connectivity index (χ1) is 31.3. The van der Waals surface area contributed by atoms with Gasteiger partial charge in [0.05, 0.1) is 38.7 Å². The Labute approximate surface area is 385 Å². The van der Waals surface area contributed by atoms with Crippen LogP contribution in [-0.4, -0.2) is 128 Å². The molecule has 1 aliphatic rings. The molecule has 8 atom stereocenters. The van der Waals surface area contributed by atoms with Crippen molar-refractivity contribution >= 4 is 0 Å². The Bertz CT molecular complexity index is 1340. The van der Waals surface area contributed by atoms with E-state index in [0.29, 0.717) is 25.3 Å². The molecule has 64 heavy (non-hydrogen) atoms. The standard InChI is InChI=1S/C50H89N3O11/c1-2-3-4-5-6-7-8-9-12-15-18-24-31-44(55)46(56)43(40-63-50-49(59)48(58)47(57)45(37-54)64-50)53-36-42(51-52-53)39-62-34-26-20-17-14-11-10-13-16-19-25-32-60-33-27-28-35-61-38-41-29-22-21-23-30-41/h21-23,29-30,36,43-50,54-59H,2-20,24-28,31-35,37-40H2,1H3/t43-,44+,45+,46-,47-,48-,49+,50-/m0/s1. The van der Waals surface area contributed by atoms with E-state index in [1.165, 1.54) is 113 Å². The van der Waals surface area contributed by atoms with Crippen LogP contribution < -0.4 is 0 Å². The first-order valence-electron chi connectivity index (χ1n) is 25.3. The van der Waals surface area contributed by atoms with E-state index in [-0.39, 0.29) is 13.2 Å². The zero-order chi connectivity index (χ0) is 45.9. The SMILES string of the molecule is CCCCCCCCCCCCCC[C@@H](O)[C@@H](O)[C@H](CO[C@H]1O[C@H](CO)[C@H](O)[C@H](O)[C@H]1O)n1cc(COCCCCCCCCCCCCOCCCCOCc2ccccc2)nn1. The predicted molar refractivity (Wildman–Crippen MR) is 248 cm³/mol. The van der Waals surface area contributed by atoms with Crippen LogP contribution in [-0.2, 0) is 36.9 Å². The second-order valence-corrected chi connectivity index (χ2v) is 18.0. The average Bonchev–Trinajstić information content (AvgIpc) is 3.78. The fourth-order valence-corrected chi connectivity index (χ4v) is 8.17. The number of rotatable bonds is 42. The Morgan fingerprint density at radius 1 is 0.609 bits per heavy atom. The van der Waals surface area contributed by atoms with Gasteiger partial charge in [0.1, 0.15) is 42.3 Å². The second kappa shape index (κ2) is 37.0. The highest BCUT2D eigenvalue weighted by Gasteiger charge is 2.44. The number of hydrogen-bond donors (Lipinski definition) is 6. The first-order valence-corrected chi connectivity index (χ1v) is 25.3. The van der Waals surface area contributed by atoms with Crippen LogP contribution in [0.15, 0.2) is 36.5 Å². The van der Waals surface area contributed by atoms with Crippen LogP contribution in [0.5, 0.6) is 0 Å². The molecule has 2 heterocycles. The number of hydrogen-bond acceptors (Lipinski definition) is 13. The molecule has 14 heteroatoms. The van der Waals surface area contributed by atoms with E-state index in [9.17, 15) is 30.6 Å². The minimum absolute atomic E-state index is 0.243. The number of ether oxygens (including phenoxy) is 5. The van der Waals surface area contributed by atoms with Gasteiger partial charge in [0.2, 0.25) is 0 Å². The van der Waals surface area contributed by atoms with E-state index in [4.69, 9.17) is 23.7 Å². The van der Waals surface area contributed by atoms with Crippen LogP contribution in [0.2, 0.25) is 0 Å². The molecule has 0 aliphatic carbocycles. The Balaban J connectivity index is 1.25. The van der Waals surface area contributed by atoms with Crippen molar-refractivity contribution in [1.29, 1.82) is 0 Å². The molecule has 6 N–H and O–H groups in total. The highest BCUT2D eigenvalue weighted by molar-refractivity contribution is 5.13. The number of aliphatic hydroxyl groups is 6. The highest BCUT2D eigenvalue weighted by atomic mass is 16.7. The third-order valence-electron chi connectivity index (χ3n) is 12.3. The molecular weight excluding hydrogens is 819 g/mol. The summed E-state index contributed by atoms with van der Waals surface area (Å²) in [6.07, 6.45) is 20.8. The van der Waals surface area contributed by atoms with Crippen molar-refractivity contribution in [2.24, 2.45) is 0 Å². The van der Waals surface area contributed by atoms with Gasteiger partial charge in [-0.05, 0) is 37.7 Å². The lowest BCUT2D eigenvalue weighted by molar-refractivity contribution is -0.304. The van der Waals surface area contributed by atoms with E-state index in [1.807, 2.05) is 18.2 Å². The van der Waals surface area contributed by atoms with E-state index in [2.05, 4.69) is 29.4 Å². The van der Waals surface area contributed by atoms with Crippen LogP contribution in [0.1, 0.15) is 185 Å². The van der Waals surface area contributed by atoms with Gasteiger partial charge in [-0.25, -0.2) is 4.68 Å². The number of nitrogens with zero attached hydrogens (tertiary/aromatic N) is 3. The van der Waals surface area contributed by atoms with Gasteiger partial charge in [-0.3, -0.25) is 0 Å². The summed E-state index contributed by atoms with van der Waals surface area (Å²) in [7, 11) is 0. The molecule has 2 aromatic rings. The molecule has 14 nitrogen and oxygen atoms in total. The Morgan fingerprint density at radius 2 is 1.11 bits per heavy atom. The van der Waals surface area contributed by atoms with Crippen molar-refractivity contribution < 1.29 is 54.3 Å². The molecular formula is C50H89N3O11. The van der Waals surface area contributed by atoms with Crippen LogP contribution in [0.3, 0.4) is 0 Å². The maximum absolute atomic E-state index is 11.4. The zero-order valence-electron chi connectivity index (χ0n) is 39.5. The number of aliphatic hydroxyl groups excluding tert-OH is 6. The topological polar surface area (TPSA) is 198 Å². The first kappa shape index (κ1) is 56.2. The zero-order valence-corrected chi connectivity index (χ0v) is 39.5. The van der Waals surface area contributed by atoms with Crippen molar-refractivity contribution in [3.8, 4) is 0 Å². The van der Waals surface area contributed by atoms with Crippen molar-refractivity contribution in [3.05, 3.63) is 47.8 Å². The van der Waals surface area contributed by atoms with E-state index >= 15 is 0 Å². The fraction of sp³-hybridized carbons (Fsp3) is 0.840. The summed E-state index contributed by atoms with van der Waals surface area (Å²) in [4.78, 5) is 0. The molecule has 1 aliphatic heterocycles. The predicted octanol–water partition coefficient (Wildman–Crippen LogP) is 7.88. The molecule has 0 bridgehead atoms. The number of aromatic nitrogens is 3. The van der Waals surface area contributed by atoms with Crippen molar-refractivity contribution in [2.75, 3.05) is 39.6 Å². The molecule has 0 spiro atoms.